The van der Waals surface area contributed by atoms with Crippen LogP contribution < -0.4 is 0 Å². The molecule has 2 nitrogen and oxygen atoms in total. The molecule has 0 aromatic heterocycles. The summed E-state index contributed by atoms with van der Waals surface area (Å²) in [7, 11) is 0. The molecule has 1 aromatic rings. The third kappa shape index (κ3) is 2.97. The molecule has 2 atom stereocenters. The van der Waals surface area contributed by atoms with E-state index in [1.807, 2.05) is 6.92 Å². The number of aliphatic hydroxyl groups is 2. The van der Waals surface area contributed by atoms with Crippen molar-refractivity contribution < 1.29 is 19.0 Å². The number of halogens is 2. The van der Waals surface area contributed by atoms with Gasteiger partial charge in [0.15, 0.2) is 0 Å². The van der Waals surface area contributed by atoms with Gasteiger partial charge in [-0.25, -0.2) is 8.78 Å². The first-order chi connectivity index (χ1) is 7.06. The van der Waals surface area contributed by atoms with Crippen LogP contribution in [0.3, 0.4) is 0 Å². The minimum absolute atomic E-state index is 0.0719. The molecule has 0 radical (unpaired) electrons. The summed E-state index contributed by atoms with van der Waals surface area (Å²) in [5, 5.41) is 19.0. The predicted molar refractivity (Wildman–Crippen MR) is 52.2 cm³/mol. The van der Waals surface area contributed by atoms with Gasteiger partial charge in [-0.05, 0) is 12.5 Å². The summed E-state index contributed by atoms with van der Waals surface area (Å²) in [6.45, 7) is 1.84. The highest BCUT2D eigenvalue weighted by Crippen LogP contribution is 2.23. The van der Waals surface area contributed by atoms with Crippen molar-refractivity contribution in [3.05, 3.63) is 35.4 Å². The van der Waals surface area contributed by atoms with E-state index >= 15 is 0 Å². The standard InChI is InChI=1S/C11H14F2O2/c1-2-3-10(14)11(15)8-5-4-7(12)6-9(8)13/h4-6,10-11,14-15H,2-3H2,1H3. The zero-order valence-corrected chi connectivity index (χ0v) is 8.45. The number of hydrogen-bond donors (Lipinski definition) is 2. The predicted octanol–water partition coefficient (Wildman–Crippen LogP) is 2.16. The zero-order chi connectivity index (χ0) is 11.4. The van der Waals surface area contributed by atoms with Crippen LogP contribution in [0.25, 0.3) is 0 Å². The molecule has 0 aliphatic rings. The number of benzene rings is 1. The molecule has 0 aliphatic heterocycles. The van der Waals surface area contributed by atoms with E-state index in [1.165, 1.54) is 0 Å². The number of aliphatic hydroxyl groups excluding tert-OH is 2. The average Bonchev–Trinajstić information content (AvgIpc) is 2.17. The molecule has 0 spiro atoms. The Labute approximate surface area is 87.2 Å². The average molecular weight is 216 g/mol. The van der Waals surface area contributed by atoms with Crippen LogP contribution in [0, 0.1) is 11.6 Å². The van der Waals surface area contributed by atoms with Gasteiger partial charge in [0.05, 0.1) is 6.10 Å². The normalized spacial score (nSPS) is 15.0. The van der Waals surface area contributed by atoms with Crippen LogP contribution in [0.1, 0.15) is 31.4 Å². The molecule has 0 saturated carbocycles. The molecule has 0 heterocycles. The second-order valence-corrected chi connectivity index (χ2v) is 3.47. The first kappa shape index (κ1) is 12.1. The van der Waals surface area contributed by atoms with Gasteiger partial charge in [-0.2, -0.15) is 0 Å². The van der Waals surface area contributed by atoms with Crippen LogP contribution >= 0.6 is 0 Å². The fraction of sp³-hybridized carbons (Fsp3) is 0.455. The molecule has 0 fully saturated rings. The molecule has 15 heavy (non-hydrogen) atoms. The van der Waals surface area contributed by atoms with Crippen molar-refractivity contribution in [2.24, 2.45) is 0 Å². The highest BCUT2D eigenvalue weighted by atomic mass is 19.1. The van der Waals surface area contributed by atoms with Gasteiger partial charge < -0.3 is 10.2 Å². The third-order valence-electron chi connectivity index (χ3n) is 2.23. The number of hydrogen-bond acceptors (Lipinski definition) is 2. The molecule has 2 N–H and O–H groups in total. The first-order valence-electron chi connectivity index (χ1n) is 4.87. The summed E-state index contributed by atoms with van der Waals surface area (Å²) in [5.41, 5.74) is -0.0719. The van der Waals surface area contributed by atoms with Crippen molar-refractivity contribution in [3.8, 4) is 0 Å². The Bertz CT molecular complexity index is 328. The Morgan fingerprint density at radius 1 is 1.27 bits per heavy atom. The van der Waals surface area contributed by atoms with Crippen molar-refractivity contribution in [1.29, 1.82) is 0 Å². The fourth-order valence-electron chi connectivity index (χ4n) is 1.40. The van der Waals surface area contributed by atoms with Crippen molar-refractivity contribution in [2.45, 2.75) is 32.0 Å². The second-order valence-electron chi connectivity index (χ2n) is 3.47. The van der Waals surface area contributed by atoms with Gasteiger partial charge in [0.25, 0.3) is 0 Å². The fourth-order valence-corrected chi connectivity index (χ4v) is 1.40. The van der Waals surface area contributed by atoms with Gasteiger partial charge in [0.1, 0.15) is 17.7 Å². The van der Waals surface area contributed by atoms with Gasteiger partial charge in [-0.1, -0.05) is 19.4 Å². The van der Waals surface area contributed by atoms with Crippen molar-refractivity contribution in [3.63, 3.8) is 0 Å². The van der Waals surface area contributed by atoms with E-state index in [0.717, 1.165) is 12.1 Å². The summed E-state index contributed by atoms with van der Waals surface area (Å²) in [6, 6.07) is 2.89. The van der Waals surface area contributed by atoms with Crippen LogP contribution in [0.5, 0.6) is 0 Å². The molecule has 4 heteroatoms. The highest BCUT2D eigenvalue weighted by molar-refractivity contribution is 5.21. The van der Waals surface area contributed by atoms with Crippen LogP contribution in [0.15, 0.2) is 18.2 Å². The monoisotopic (exact) mass is 216 g/mol. The maximum Gasteiger partial charge on any atom is 0.132 e. The van der Waals surface area contributed by atoms with Gasteiger partial charge in [0, 0.05) is 11.6 Å². The van der Waals surface area contributed by atoms with E-state index in [4.69, 9.17) is 0 Å². The number of rotatable bonds is 4. The molecular weight excluding hydrogens is 202 g/mol. The minimum Gasteiger partial charge on any atom is -0.390 e. The van der Waals surface area contributed by atoms with Crippen LogP contribution in [0.4, 0.5) is 8.78 Å². The smallest absolute Gasteiger partial charge is 0.132 e. The van der Waals surface area contributed by atoms with E-state index in [2.05, 4.69) is 0 Å². The molecule has 1 rings (SSSR count). The molecule has 0 aliphatic carbocycles. The molecule has 0 saturated heterocycles. The summed E-state index contributed by atoms with van der Waals surface area (Å²) < 4.78 is 25.8. The second kappa shape index (κ2) is 5.19. The van der Waals surface area contributed by atoms with E-state index in [-0.39, 0.29) is 5.56 Å². The lowest BCUT2D eigenvalue weighted by molar-refractivity contribution is 0.0110. The van der Waals surface area contributed by atoms with Gasteiger partial charge in [-0.15, -0.1) is 0 Å². The lowest BCUT2D eigenvalue weighted by Gasteiger charge is -2.17. The Kier molecular flexibility index (Phi) is 4.17. The van der Waals surface area contributed by atoms with Crippen LogP contribution in [0.2, 0.25) is 0 Å². The maximum absolute atomic E-state index is 13.2. The summed E-state index contributed by atoms with van der Waals surface area (Å²) in [6.07, 6.45) is -1.26. The SMILES string of the molecule is CCCC(O)C(O)c1ccc(F)cc1F. The van der Waals surface area contributed by atoms with Crippen molar-refractivity contribution in [1.82, 2.24) is 0 Å². The molecule has 2 unspecified atom stereocenters. The quantitative estimate of drug-likeness (QED) is 0.809. The van der Waals surface area contributed by atoms with Gasteiger partial charge in [0.2, 0.25) is 0 Å². The molecule has 84 valence electrons. The maximum atomic E-state index is 13.2. The Morgan fingerprint density at radius 3 is 2.47 bits per heavy atom. The van der Waals surface area contributed by atoms with Crippen LogP contribution in [-0.4, -0.2) is 16.3 Å². The summed E-state index contributed by atoms with van der Waals surface area (Å²) in [5.74, 6) is -1.54. The third-order valence-corrected chi connectivity index (χ3v) is 2.23. The lowest BCUT2D eigenvalue weighted by atomic mass is 10.0. The Hall–Kier alpha value is -1.00. The zero-order valence-electron chi connectivity index (χ0n) is 8.45. The van der Waals surface area contributed by atoms with E-state index < -0.39 is 23.8 Å². The molecule has 1 aromatic carbocycles. The van der Waals surface area contributed by atoms with Crippen molar-refractivity contribution in [2.75, 3.05) is 0 Å². The Balaban J connectivity index is 2.86. The minimum atomic E-state index is -1.30. The van der Waals surface area contributed by atoms with Crippen molar-refractivity contribution >= 4 is 0 Å². The van der Waals surface area contributed by atoms with Gasteiger partial charge in [-0.3, -0.25) is 0 Å². The van der Waals surface area contributed by atoms with E-state index in [1.54, 1.807) is 0 Å². The van der Waals surface area contributed by atoms with Gasteiger partial charge >= 0.3 is 0 Å². The molecule has 0 bridgehead atoms. The van der Waals surface area contributed by atoms with E-state index in [0.29, 0.717) is 18.9 Å². The largest absolute Gasteiger partial charge is 0.390 e. The molecule has 0 amide bonds. The highest BCUT2D eigenvalue weighted by Gasteiger charge is 2.20. The first-order valence-corrected chi connectivity index (χ1v) is 4.87. The molecular formula is C11H14F2O2. The van der Waals surface area contributed by atoms with E-state index in [9.17, 15) is 19.0 Å². The summed E-state index contributed by atoms with van der Waals surface area (Å²) >= 11 is 0. The lowest BCUT2D eigenvalue weighted by Crippen LogP contribution is -2.19. The Morgan fingerprint density at radius 2 is 1.93 bits per heavy atom. The van der Waals surface area contributed by atoms with Crippen LogP contribution in [-0.2, 0) is 0 Å². The summed E-state index contributed by atoms with van der Waals surface area (Å²) in [4.78, 5) is 0. The topological polar surface area (TPSA) is 40.5 Å².